The lowest BCUT2D eigenvalue weighted by Crippen LogP contribution is -2.26. The average Bonchev–Trinajstić information content (AvgIpc) is 2.06. The highest BCUT2D eigenvalue weighted by molar-refractivity contribution is 7.86. The molecule has 1 atom stereocenters. The predicted molar refractivity (Wildman–Crippen MR) is 44.1 cm³/mol. The van der Waals surface area contributed by atoms with Gasteiger partial charge in [-0.2, -0.15) is 8.42 Å². The molecule has 1 unspecified atom stereocenters. The molecular formula is C7H14O4S. The fourth-order valence-electron chi connectivity index (χ4n) is 1.02. The highest BCUT2D eigenvalue weighted by Crippen LogP contribution is 2.15. The SMILES string of the molecule is CCS(=O)(=O)OC1CCCCO1. The molecule has 0 radical (unpaired) electrons. The minimum atomic E-state index is -3.34. The van der Waals surface area contributed by atoms with Crippen molar-refractivity contribution >= 4 is 10.1 Å². The second-order valence-electron chi connectivity index (χ2n) is 2.74. The Morgan fingerprint density at radius 2 is 2.25 bits per heavy atom. The Balaban J connectivity index is 2.39. The maximum absolute atomic E-state index is 11.0. The zero-order valence-electron chi connectivity index (χ0n) is 7.15. The van der Waals surface area contributed by atoms with Crippen molar-refractivity contribution in [1.29, 1.82) is 0 Å². The van der Waals surface area contributed by atoms with Gasteiger partial charge in [-0.3, -0.25) is 0 Å². The van der Waals surface area contributed by atoms with Gasteiger partial charge in [0.2, 0.25) is 0 Å². The van der Waals surface area contributed by atoms with Crippen LogP contribution in [0.5, 0.6) is 0 Å². The Morgan fingerprint density at radius 1 is 1.50 bits per heavy atom. The second kappa shape index (κ2) is 4.20. The van der Waals surface area contributed by atoms with E-state index in [-0.39, 0.29) is 5.75 Å². The van der Waals surface area contributed by atoms with E-state index in [1.54, 1.807) is 6.92 Å². The fourth-order valence-corrected chi connectivity index (χ4v) is 1.63. The maximum Gasteiger partial charge on any atom is 0.269 e. The third-order valence-corrected chi connectivity index (χ3v) is 2.96. The zero-order chi connectivity index (χ0) is 9.03. The van der Waals surface area contributed by atoms with Crippen LogP contribution in [0, 0.1) is 0 Å². The van der Waals surface area contributed by atoms with E-state index < -0.39 is 16.4 Å². The van der Waals surface area contributed by atoms with E-state index in [4.69, 9.17) is 8.92 Å². The third-order valence-electron chi connectivity index (χ3n) is 1.75. The summed E-state index contributed by atoms with van der Waals surface area (Å²) in [6.07, 6.45) is 2.11. The van der Waals surface area contributed by atoms with Gasteiger partial charge in [-0.15, -0.1) is 0 Å². The summed E-state index contributed by atoms with van der Waals surface area (Å²) < 4.78 is 31.8. The van der Waals surface area contributed by atoms with Gasteiger partial charge in [-0.1, -0.05) is 0 Å². The summed E-state index contributed by atoms with van der Waals surface area (Å²) in [7, 11) is -3.34. The summed E-state index contributed by atoms with van der Waals surface area (Å²) in [5, 5.41) is 0. The molecule has 0 amide bonds. The predicted octanol–water partition coefficient (Wildman–Crippen LogP) is 0.879. The van der Waals surface area contributed by atoms with Crippen LogP contribution in [0.25, 0.3) is 0 Å². The molecule has 1 saturated heterocycles. The molecule has 1 rings (SSSR count). The molecule has 1 heterocycles. The van der Waals surface area contributed by atoms with Crippen molar-refractivity contribution in [3.05, 3.63) is 0 Å². The van der Waals surface area contributed by atoms with E-state index in [0.717, 1.165) is 12.8 Å². The number of hydrogen-bond acceptors (Lipinski definition) is 4. The molecule has 1 fully saturated rings. The van der Waals surface area contributed by atoms with Crippen LogP contribution in [-0.4, -0.2) is 27.1 Å². The van der Waals surface area contributed by atoms with Crippen LogP contribution in [0.4, 0.5) is 0 Å². The van der Waals surface area contributed by atoms with Crippen LogP contribution in [-0.2, 0) is 19.0 Å². The fraction of sp³-hybridized carbons (Fsp3) is 1.00. The van der Waals surface area contributed by atoms with Gasteiger partial charge in [0.1, 0.15) is 0 Å². The van der Waals surface area contributed by atoms with E-state index in [1.165, 1.54) is 0 Å². The summed E-state index contributed by atoms with van der Waals surface area (Å²) in [6, 6.07) is 0. The van der Waals surface area contributed by atoms with E-state index in [1.807, 2.05) is 0 Å². The lowest BCUT2D eigenvalue weighted by molar-refractivity contribution is -0.102. The molecule has 4 nitrogen and oxygen atoms in total. The van der Waals surface area contributed by atoms with Gasteiger partial charge in [-0.05, 0) is 26.2 Å². The summed E-state index contributed by atoms with van der Waals surface area (Å²) in [4.78, 5) is 0. The lowest BCUT2D eigenvalue weighted by atomic mass is 10.2. The van der Waals surface area contributed by atoms with Crippen LogP contribution in [0.1, 0.15) is 26.2 Å². The topological polar surface area (TPSA) is 52.6 Å². The smallest absolute Gasteiger partial charge is 0.269 e. The van der Waals surface area contributed by atoms with Gasteiger partial charge in [0, 0.05) is 6.61 Å². The van der Waals surface area contributed by atoms with Crippen molar-refractivity contribution in [2.75, 3.05) is 12.4 Å². The quantitative estimate of drug-likeness (QED) is 0.626. The normalized spacial score (nSPS) is 25.6. The highest BCUT2D eigenvalue weighted by atomic mass is 32.2. The zero-order valence-corrected chi connectivity index (χ0v) is 7.97. The maximum atomic E-state index is 11.0. The van der Waals surface area contributed by atoms with Crippen LogP contribution < -0.4 is 0 Å². The number of ether oxygens (including phenoxy) is 1. The van der Waals surface area contributed by atoms with E-state index in [2.05, 4.69) is 0 Å². The standard InChI is InChI=1S/C7H14O4S/c1-2-12(8,9)11-7-5-3-4-6-10-7/h7H,2-6H2,1H3. The van der Waals surface area contributed by atoms with Gasteiger partial charge in [-0.25, -0.2) is 4.18 Å². The van der Waals surface area contributed by atoms with Crippen molar-refractivity contribution in [3.63, 3.8) is 0 Å². The Labute approximate surface area is 73.0 Å². The average molecular weight is 194 g/mol. The van der Waals surface area contributed by atoms with Crippen LogP contribution >= 0.6 is 0 Å². The van der Waals surface area contributed by atoms with Crippen molar-refractivity contribution in [3.8, 4) is 0 Å². The van der Waals surface area contributed by atoms with Crippen molar-refractivity contribution in [1.82, 2.24) is 0 Å². The number of rotatable bonds is 3. The summed E-state index contributed by atoms with van der Waals surface area (Å²) in [5.41, 5.74) is 0. The first-order valence-electron chi connectivity index (χ1n) is 4.16. The molecule has 5 heteroatoms. The largest absolute Gasteiger partial charge is 0.351 e. The first kappa shape index (κ1) is 9.95. The third kappa shape index (κ3) is 3.08. The van der Waals surface area contributed by atoms with Gasteiger partial charge in [0.05, 0.1) is 5.75 Å². The van der Waals surface area contributed by atoms with Crippen molar-refractivity contribution in [2.45, 2.75) is 32.5 Å². The molecule has 1 aliphatic heterocycles. The first-order valence-corrected chi connectivity index (χ1v) is 5.74. The van der Waals surface area contributed by atoms with Crippen LogP contribution in [0.3, 0.4) is 0 Å². The Morgan fingerprint density at radius 3 is 2.75 bits per heavy atom. The van der Waals surface area contributed by atoms with E-state index in [0.29, 0.717) is 13.0 Å². The molecule has 0 aromatic rings. The molecule has 0 spiro atoms. The molecule has 1 aliphatic rings. The second-order valence-corrected chi connectivity index (χ2v) is 4.62. The van der Waals surface area contributed by atoms with Crippen LogP contribution in [0.2, 0.25) is 0 Å². The molecule has 0 aromatic heterocycles. The van der Waals surface area contributed by atoms with Gasteiger partial charge < -0.3 is 4.74 Å². The Hall–Kier alpha value is -0.130. The highest BCUT2D eigenvalue weighted by Gasteiger charge is 2.20. The minimum absolute atomic E-state index is 0.00681. The molecule has 0 bridgehead atoms. The summed E-state index contributed by atoms with van der Waals surface area (Å²) >= 11 is 0. The van der Waals surface area contributed by atoms with E-state index >= 15 is 0 Å². The molecule has 0 N–H and O–H groups in total. The number of hydrogen-bond donors (Lipinski definition) is 0. The molecule has 0 aliphatic carbocycles. The summed E-state index contributed by atoms with van der Waals surface area (Å²) in [6.45, 7) is 2.15. The monoisotopic (exact) mass is 194 g/mol. The minimum Gasteiger partial charge on any atom is -0.351 e. The molecule has 72 valence electrons. The van der Waals surface area contributed by atoms with Crippen molar-refractivity contribution < 1.29 is 17.3 Å². The molecular weight excluding hydrogens is 180 g/mol. The van der Waals surface area contributed by atoms with E-state index in [9.17, 15) is 8.42 Å². The van der Waals surface area contributed by atoms with Gasteiger partial charge in [0.25, 0.3) is 10.1 Å². The van der Waals surface area contributed by atoms with Crippen molar-refractivity contribution in [2.24, 2.45) is 0 Å². The Kier molecular flexibility index (Phi) is 3.49. The molecule has 0 saturated carbocycles. The lowest BCUT2D eigenvalue weighted by Gasteiger charge is -2.21. The summed E-state index contributed by atoms with van der Waals surface area (Å²) in [5.74, 6) is 0.00681. The molecule has 0 aromatic carbocycles. The van der Waals surface area contributed by atoms with Crippen LogP contribution in [0.15, 0.2) is 0 Å². The Bertz CT molecular complexity index is 216. The van der Waals surface area contributed by atoms with Gasteiger partial charge >= 0.3 is 0 Å². The molecule has 12 heavy (non-hydrogen) atoms. The first-order chi connectivity index (χ1) is 5.64. The van der Waals surface area contributed by atoms with Gasteiger partial charge in [0.15, 0.2) is 6.29 Å².